The molecule has 4 aliphatic rings. The van der Waals surface area contributed by atoms with E-state index in [1.165, 1.54) is 31.0 Å². The lowest BCUT2D eigenvalue weighted by Gasteiger charge is -2.56. The first kappa shape index (κ1) is 20.1. The fraction of sp³-hybridized carbons (Fsp3) is 0.522. The second kappa shape index (κ2) is 7.72. The van der Waals surface area contributed by atoms with E-state index < -0.39 is 0 Å². The minimum absolute atomic E-state index is 0.00246. The molecule has 0 spiro atoms. The molecular weight excluding hydrogens is 418 g/mol. The lowest BCUT2D eigenvalue weighted by Crippen LogP contribution is -2.60. The van der Waals surface area contributed by atoms with Crippen LogP contribution in [0.5, 0.6) is 0 Å². The van der Waals surface area contributed by atoms with Gasteiger partial charge in [0.1, 0.15) is 0 Å². The molecule has 0 aliphatic heterocycles. The monoisotopic (exact) mass is 443 g/mol. The van der Waals surface area contributed by atoms with Crippen LogP contribution in [0.1, 0.15) is 38.5 Å². The standard InChI is InChI=1S/C23H26ClN3O2S/c1-2-5-27-21(29)18-4-3-17(24)9-19(18)25-22(27)30-13-20(28)26-23-10-14-6-15(11-23)8-16(7-14)12-23/h2-4,9,14-16H,1,5-8,10-13H2,(H,26,28). The van der Waals surface area contributed by atoms with E-state index in [9.17, 15) is 9.59 Å². The molecule has 4 saturated carbocycles. The van der Waals surface area contributed by atoms with Crippen LogP contribution in [-0.2, 0) is 11.3 Å². The first-order valence-corrected chi connectivity index (χ1v) is 12.1. The molecule has 4 aliphatic carbocycles. The number of hydrogen-bond acceptors (Lipinski definition) is 4. The Bertz CT molecular complexity index is 1040. The van der Waals surface area contributed by atoms with Gasteiger partial charge in [-0.05, 0) is 74.5 Å². The zero-order valence-electron chi connectivity index (χ0n) is 16.9. The van der Waals surface area contributed by atoms with Crippen molar-refractivity contribution in [2.24, 2.45) is 17.8 Å². The highest BCUT2D eigenvalue weighted by Gasteiger charge is 2.51. The van der Waals surface area contributed by atoms with Crippen molar-refractivity contribution in [2.45, 2.75) is 55.8 Å². The number of amides is 1. The van der Waals surface area contributed by atoms with E-state index in [1.54, 1.807) is 28.8 Å². The van der Waals surface area contributed by atoms with Gasteiger partial charge in [0.15, 0.2) is 5.16 Å². The third-order valence-electron chi connectivity index (χ3n) is 6.97. The minimum Gasteiger partial charge on any atom is -0.350 e. The van der Waals surface area contributed by atoms with Crippen molar-refractivity contribution in [1.29, 1.82) is 0 Å². The lowest BCUT2D eigenvalue weighted by atomic mass is 9.53. The number of nitrogens with one attached hydrogen (secondary N) is 1. The Morgan fingerprint density at radius 1 is 1.27 bits per heavy atom. The topological polar surface area (TPSA) is 64.0 Å². The SMILES string of the molecule is C=CCn1c(SCC(=O)NC23CC4CC(CC(C4)C2)C3)nc2cc(Cl)ccc2c1=O. The molecule has 0 saturated heterocycles. The number of hydrogen-bond donors (Lipinski definition) is 1. The van der Waals surface area contributed by atoms with Crippen molar-refractivity contribution in [1.82, 2.24) is 14.9 Å². The van der Waals surface area contributed by atoms with E-state index in [4.69, 9.17) is 11.6 Å². The Morgan fingerprint density at radius 2 is 1.93 bits per heavy atom. The molecule has 1 aromatic carbocycles. The molecule has 0 unspecified atom stereocenters. The first-order valence-electron chi connectivity index (χ1n) is 10.7. The van der Waals surface area contributed by atoms with Gasteiger partial charge in [0, 0.05) is 17.1 Å². The lowest BCUT2D eigenvalue weighted by molar-refractivity contribution is -0.124. The van der Waals surface area contributed by atoms with Crippen LogP contribution in [0.15, 0.2) is 40.8 Å². The zero-order chi connectivity index (χ0) is 20.9. The predicted octanol–water partition coefficient (Wildman–Crippen LogP) is 4.41. The number of aromatic nitrogens is 2. The van der Waals surface area contributed by atoms with Crippen molar-refractivity contribution in [3.05, 3.63) is 46.2 Å². The Kier molecular flexibility index (Phi) is 5.18. The molecule has 4 bridgehead atoms. The van der Waals surface area contributed by atoms with Crippen molar-refractivity contribution < 1.29 is 4.79 Å². The smallest absolute Gasteiger partial charge is 0.262 e. The van der Waals surface area contributed by atoms with Crippen LogP contribution in [-0.4, -0.2) is 26.8 Å². The van der Waals surface area contributed by atoms with Gasteiger partial charge >= 0.3 is 0 Å². The number of fused-ring (bicyclic) bond motifs is 1. The van der Waals surface area contributed by atoms with Crippen molar-refractivity contribution in [3.8, 4) is 0 Å². The maximum Gasteiger partial charge on any atom is 0.262 e. The molecule has 0 radical (unpaired) electrons. The van der Waals surface area contributed by atoms with Crippen LogP contribution in [0.3, 0.4) is 0 Å². The molecule has 2 aromatic rings. The molecule has 6 rings (SSSR count). The largest absolute Gasteiger partial charge is 0.350 e. The summed E-state index contributed by atoms with van der Waals surface area (Å²) in [5.74, 6) is 2.64. The fourth-order valence-electron chi connectivity index (χ4n) is 6.30. The number of benzene rings is 1. The molecule has 1 N–H and O–H groups in total. The summed E-state index contributed by atoms with van der Waals surface area (Å²) in [6.07, 6.45) is 9.10. The Balaban J connectivity index is 1.34. The Morgan fingerprint density at radius 3 is 2.57 bits per heavy atom. The Hall–Kier alpha value is -1.79. The van der Waals surface area contributed by atoms with Crippen LogP contribution in [0.2, 0.25) is 5.02 Å². The number of rotatable bonds is 6. The number of carbonyl (C=O) groups excluding carboxylic acids is 1. The van der Waals surface area contributed by atoms with Crippen molar-refractivity contribution in [3.63, 3.8) is 0 Å². The summed E-state index contributed by atoms with van der Waals surface area (Å²) in [4.78, 5) is 30.4. The van der Waals surface area contributed by atoms with Crippen LogP contribution in [0.4, 0.5) is 0 Å². The summed E-state index contributed by atoms with van der Waals surface area (Å²) < 4.78 is 1.58. The number of thioether (sulfide) groups is 1. The molecule has 0 atom stereocenters. The highest BCUT2D eigenvalue weighted by Crippen LogP contribution is 2.55. The average Bonchev–Trinajstić information content (AvgIpc) is 2.67. The maximum absolute atomic E-state index is 12.9. The third-order valence-corrected chi connectivity index (χ3v) is 8.18. The summed E-state index contributed by atoms with van der Waals surface area (Å²) in [6, 6.07) is 5.08. The normalized spacial score (nSPS) is 29.3. The van der Waals surface area contributed by atoms with Crippen LogP contribution < -0.4 is 10.9 Å². The second-order valence-electron chi connectivity index (χ2n) is 9.30. The van der Waals surface area contributed by atoms with Gasteiger partial charge in [-0.25, -0.2) is 4.98 Å². The summed E-state index contributed by atoms with van der Waals surface area (Å²) in [7, 11) is 0. The molecule has 1 aromatic heterocycles. The van der Waals surface area contributed by atoms with Crippen molar-refractivity contribution in [2.75, 3.05) is 5.75 Å². The van der Waals surface area contributed by atoms with Gasteiger partial charge in [-0.1, -0.05) is 29.4 Å². The summed E-state index contributed by atoms with van der Waals surface area (Å²) >= 11 is 7.40. The van der Waals surface area contributed by atoms with Crippen molar-refractivity contribution >= 4 is 40.2 Å². The van der Waals surface area contributed by atoms with Gasteiger partial charge in [0.2, 0.25) is 5.91 Å². The van der Waals surface area contributed by atoms with E-state index in [1.807, 2.05) is 0 Å². The minimum atomic E-state index is -0.138. The van der Waals surface area contributed by atoms with Crippen LogP contribution in [0, 0.1) is 17.8 Å². The second-order valence-corrected chi connectivity index (χ2v) is 10.7. The first-order chi connectivity index (χ1) is 14.4. The fourth-order valence-corrected chi connectivity index (χ4v) is 7.27. The van der Waals surface area contributed by atoms with Crippen LogP contribution >= 0.6 is 23.4 Å². The van der Waals surface area contributed by atoms with E-state index in [0.717, 1.165) is 37.0 Å². The highest BCUT2D eigenvalue weighted by molar-refractivity contribution is 7.99. The third kappa shape index (κ3) is 3.69. The van der Waals surface area contributed by atoms with Gasteiger partial charge in [0.25, 0.3) is 5.56 Å². The molecule has 30 heavy (non-hydrogen) atoms. The van der Waals surface area contributed by atoms with E-state index in [-0.39, 0.29) is 22.8 Å². The molecule has 5 nitrogen and oxygen atoms in total. The van der Waals surface area contributed by atoms with Gasteiger partial charge < -0.3 is 5.32 Å². The summed E-state index contributed by atoms with van der Waals surface area (Å²) in [6.45, 7) is 4.10. The van der Waals surface area contributed by atoms with E-state index in [2.05, 4.69) is 16.9 Å². The molecular formula is C23H26ClN3O2S. The predicted molar refractivity (Wildman–Crippen MR) is 121 cm³/mol. The number of halogens is 1. The average molecular weight is 444 g/mol. The van der Waals surface area contributed by atoms with Crippen LogP contribution in [0.25, 0.3) is 10.9 Å². The van der Waals surface area contributed by atoms with Gasteiger partial charge in [-0.3, -0.25) is 14.2 Å². The molecule has 1 heterocycles. The number of nitrogens with zero attached hydrogens (tertiary/aromatic N) is 2. The number of allylic oxidation sites excluding steroid dienone is 1. The molecule has 7 heteroatoms. The zero-order valence-corrected chi connectivity index (χ0v) is 18.5. The summed E-state index contributed by atoms with van der Waals surface area (Å²) in [5, 5.41) is 4.97. The van der Waals surface area contributed by atoms with Gasteiger partial charge in [-0.2, -0.15) is 0 Å². The van der Waals surface area contributed by atoms with E-state index >= 15 is 0 Å². The maximum atomic E-state index is 12.9. The quantitative estimate of drug-likeness (QED) is 0.408. The molecule has 1 amide bonds. The molecule has 4 fully saturated rings. The van der Waals surface area contributed by atoms with E-state index in [0.29, 0.717) is 27.6 Å². The Labute approximate surface area is 185 Å². The summed E-state index contributed by atoms with van der Waals surface area (Å²) in [5.41, 5.74) is 0.412. The number of carbonyl (C=O) groups is 1. The van der Waals surface area contributed by atoms with Gasteiger partial charge in [0.05, 0.1) is 16.7 Å². The highest BCUT2D eigenvalue weighted by atomic mass is 35.5. The molecule has 158 valence electrons. The van der Waals surface area contributed by atoms with Gasteiger partial charge in [-0.15, -0.1) is 6.58 Å².